The number of benzene rings is 2. The number of carbonyl (C=O) groups excluding carboxylic acids is 2. The van der Waals surface area contributed by atoms with E-state index in [9.17, 15) is 9.59 Å². The van der Waals surface area contributed by atoms with Gasteiger partial charge in [0.05, 0.1) is 25.8 Å². The lowest BCUT2D eigenvalue weighted by Crippen LogP contribution is -2.37. The smallest absolute Gasteiger partial charge is 0.231 e. The summed E-state index contributed by atoms with van der Waals surface area (Å²) in [6, 6.07) is 11.6. The quantitative estimate of drug-likeness (QED) is 0.282. The number of hydrogen-bond donors (Lipinski definition) is 0. The largest absolute Gasteiger partial charge is 0.493 e. The lowest BCUT2D eigenvalue weighted by atomic mass is 10.1. The Hall–Kier alpha value is -5.00. The van der Waals surface area contributed by atoms with Gasteiger partial charge in [-0.15, -0.1) is 0 Å². The second-order valence-corrected chi connectivity index (χ2v) is 12.1. The number of rotatable bonds is 6. The number of aryl methyl sites for hydroxylation is 4. The van der Waals surface area contributed by atoms with Gasteiger partial charge in [0.2, 0.25) is 18.6 Å². The van der Waals surface area contributed by atoms with Crippen LogP contribution in [0.4, 0.5) is 0 Å². The van der Waals surface area contributed by atoms with Crippen LogP contribution in [0.25, 0.3) is 11.4 Å². The van der Waals surface area contributed by atoms with Crippen LogP contribution in [0.5, 0.6) is 23.0 Å². The minimum absolute atomic E-state index is 0.0229. The van der Waals surface area contributed by atoms with Crippen molar-refractivity contribution in [1.82, 2.24) is 24.5 Å². The Kier molecular flexibility index (Phi) is 10.5. The summed E-state index contributed by atoms with van der Waals surface area (Å²) in [5.41, 5.74) is 3.46. The Bertz CT molecular complexity index is 1710. The first kappa shape index (κ1) is 32.9. The molecule has 4 aromatic rings. The Morgan fingerprint density at radius 2 is 1.65 bits per heavy atom. The summed E-state index contributed by atoms with van der Waals surface area (Å²) in [5, 5.41) is 4.02. The molecule has 0 N–H and O–H groups in total. The summed E-state index contributed by atoms with van der Waals surface area (Å²) < 4.78 is 30.2. The van der Waals surface area contributed by atoms with E-state index in [2.05, 4.69) is 14.7 Å². The van der Waals surface area contributed by atoms with Crippen LogP contribution >= 0.6 is 0 Å². The van der Waals surface area contributed by atoms with Crippen LogP contribution in [0.1, 0.15) is 48.3 Å². The maximum Gasteiger partial charge on any atom is 0.231 e. The highest BCUT2D eigenvalue weighted by Crippen LogP contribution is 2.34. The second kappa shape index (κ2) is 15.3. The number of nitrogens with zero attached hydrogens (tertiary/aromatic N) is 5. The molecule has 0 saturated carbocycles. The maximum atomic E-state index is 13.6. The standard InChI is InChI=1S/C36H43N5O7/c1-25-29(26(2)48-38-25)23-35(43)40-15-5-4-14-39(34(42)12-8-27-7-10-31-32(21-27)47-24-46-31)16-6-17-41-18-13-37-36(41)28-9-11-30(44-3)33(22-28)45-20-19-40/h7,9-11,13,18,21-22H,4-6,8,12,14-17,19-20,23-24H2,1-3H3. The average molecular weight is 658 g/mol. The molecule has 4 heterocycles. The molecular weight excluding hydrogens is 614 g/mol. The first-order valence-corrected chi connectivity index (χ1v) is 16.6. The van der Waals surface area contributed by atoms with Crippen molar-refractivity contribution in [3.63, 3.8) is 0 Å². The molecule has 254 valence electrons. The van der Waals surface area contributed by atoms with Gasteiger partial charge in [0.25, 0.3) is 0 Å². The summed E-state index contributed by atoms with van der Waals surface area (Å²) in [4.78, 5) is 35.7. The molecule has 2 aromatic heterocycles. The summed E-state index contributed by atoms with van der Waals surface area (Å²) in [7, 11) is 1.61. The molecule has 0 fully saturated rings. The van der Waals surface area contributed by atoms with Gasteiger partial charge < -0.3 is 37.8 Å². The van der Waals surface area contributed by atoms with Crippen molar-refractivity contribution in [2.24, 2.45) is 0 Å². The normalized spacial score (nSPS) is 15.4. The van der Waals surface area contributed by atoms with E-state index in [1.807, 2.05) is 66.2 Å². The van der Waals surface area contributed by atoms with Gasteiger partial charge in [0, 0.05) is 56.1 Å². The van der Waals surface area contributed by atoms with Crippen LogP contribution in [0.3, 0.4) is 0 Å². The van der Waals surface area contributed by atoms with Crippen LogP contribution in [-0.2, 0) is 29.0 Å². The zero-order chi connectivity index (χ0) is 33.5. The van der Waals surface area contributed by atoms with Crippen molar-refractivity contribution in [2.75, 3.05) is 46.7 Å². The Balaban J connectivity index is 1.19. The number of methoxy groups -OCH3 is 1. The summed E-state index contributed by atoms with van der Waals surface area (Å²) >= 11 is 0. The second-order valence-electron chi connectivity index (χ2n) is 12.1. The van der Waals surface area contributed by atoms with E-state index < -0.39 is 0 Å². The highest BCUT2D eigenvalue weighted by atomic mass is 16.7. The van der Waals surface area contributed by atoms with Gasteiger partial charge in [-0.05, 0) is 75.4 Å². The number of aromatic nitrogens is 3. The van der Waals surface area contributed by atoms with Crippen LogP contribution in [0.15, 0.2) is 53.3 Å². The molecule has 0 radical (unpaired) electrons. The van der Waals surface area contributed by atoms with Crippen LogP contribution in [0, 0.1) is 13.8 Å². The van der Waals surface area contributed by atoms with E-state index >= 15 is 0 Å². The van der Waals surface area contributed by atoms with Gasteiger partial charge in [-0.2, -0.15) is 0 Å². The zero-order valence-corrected chi connectivity index (χ0v) is 27.9. The number of carbonyl (C=O) groups is 2. The van der Waals surface area contributed by atoms with Crippen molar-refractivity contribution in [3.05, 3.63) is 71.4 Å². The Morgan fingerprint density at radius 1 is 0.854 bits per heavy atom. The molecule has 6 rings (SSSR count). The van der Waals surface area contributed by atoms with E-state index in [0.717, 1.165) is 59.0 Å². The first-order valence-electron chi connectivity index (χ1n) is 16.6. The predicted molar refractivity (Wildman–Crippen MR) is 177 cm³/mol. The fourth-order valence-electron chi connectivity index (χ4n) is 6.23. The molecule has 0 unspecified atom stereocenters. The van der Waals surface area contributed by atoms with E-state index in [1.165, 1.54) is 0 Å². The highest BCUT2D eigenvalue weighted by Gasteiger charge is 2.21. The molecule has 48 heavy (non-hydrogen) atoms. The summed E-state index contributed by atoms with van der Waals surface area (Å²) in [5.74, 6) is 4.20. The SMILES string of the molecule is COc1ccc2cc1OCCN(C(=O)Cc1c(C)noc1C)CCCCN(C(=O)CCc1ccc3c(c1)OCO3)CCCn1ccnc1-2. The van der Waals surface area contributed by atoms with E-state index in [0.29, 0.717) is 62.8 Å². The molecule has 0 aliphatic carbocycles. The van der Waals surface area contributed by atoms with Gasteiger partial charge in [0.1, 0.15) is 18.2 Å². The topological polar surface area (TPSA) is 121 Å². The maximum absolute atomic E-state index is 13.6. The monoisotopic (exact) mass is 657 g/mol. The van der Waals surface area contributed by atoms with Crippen molar-refractivity contribution in [3.8, 4) is 34.4 Å². The van der Waals surface area contributed by atoms with E-state index in [1.54, 1.807) is 13.3 Å². The summed E-state index contributed by atoms with van der Waals surface area (Å²) in [6.45, 7) is 7.03. The molecule has 2 amide bonds. The predicted octanol–water partition coefficient (Wildman–Crippen LogP) is 4.99. The number of fused-ring (bicyclic) bond motifs is 5. The summed E-state index contributed by atoms with van der Waals surface area (Å²) in [6.07, 6.45) is 7.22. The fraction of sp³-hybridized carbons (Fsp3) is 0.444. The van der Waals surface area contributed by atoms with Gasteiger partial charge >= 0.3 is 0 Å². The molecule has 2 aliphatic heterocycles. The third-order valence-electron chi connectivity index (χ3n) is 8.97. The van der Waals surface area contributed by atoms with Crippen molar-refractivity contribution in [1.29, 1.82) is 0 Å². The first-order chi connectivity index (χ1) is 23.4. The highest BCUT2D eigenvalue weighted by molar-refractivity contribution is 5.79. The van der Waals surface area contributed by atoms with E-state index in [4.69, 9.17) is 23.5 Å². The van der Waals surface area contributed by atoms with Crippen LogP contribution < -0.4 is 18.9 Å². The molecule has 12 nitrogen and oxygen atoms in total. The molecule has 0 atom stereocenters. The Morgan fingerprint density at radius 3 is 2.44 bits per heavy atom. The average Bonchev–Trinajstić information content (AvgIpc) is 3.84. The minimum Gasteiger partial charge on any atom is -0.493 e. The third kappa shape index (κ3) is 7.75. The van der Waals surface area contributed by atoms with Crippen molar-refractivity contribution >= 4 is 11.8 Å². The molecule has 12 heteroatoms. The Labute approximate surface area is 280 Å². The van der Waals surface area contributed by atoms with Crippen molar-refractivity contribution < 1.29 is 33.1 Å². The van der Waals surface area contributed by atoms with Gasteiger partial charge in [0.15, 0.2) is 23.0 Å². The zero-order valence-electron chi connectivity index (χ0n) is 27.9. The number of ether oxygens (including phenoxy) is 4. The third-order valence-corrected chi connectivity index (χ3v) is 8.97. The van der Waals surface area contributed by atoms with Gasteiger partial charge in [-0.25, -0.2) is 4.98 Å². The van der Waals surface area contributed by atoms with E-state index in [-0.39, 0.29) is 31.6 Å². The molecule has 2 aliphatic rings. The molecule has 0 spiro atoms. The number of hydrogen-bond acceptors (Lipinski definition) is 9. The molecule has 0 saturated heterocycles. The minimum atomic E-state index is -0.0229. The number of imidazole rings is 1. The molecular formula is C36H43N5O7. The lowest BCUT2D eigenvalue weighted by molar-refractivity contribution is -0.132. The molecule has 2 aromatic carbocycles. The van der Waals surface area contributed by atoms with Crippen molar-refractivity contribution in [2.45, 2.75) is 58.9 Å². The molecule has 2 bridgehead atoms. The lowest BCUT2D eigenvalue weighted by Gasteiger charge is -2.25. The van der Waals surface area contributed by atoms with Crippen LogP contribution in [-0.4, -0.2) is 83.0 Å². The van der Waals surface area contributed by atoms with Gasteiger partial charge in [-0.1, -0.05) is 11.2 Å². The fourth-order valence-corrected chi connectivity index (χ4v) is 6.23. The number of amides is 2. The van der Waals surface area contributed by atoms with Crippen LogP contribution in [0.2, 0.25) is 0 Å². The van der Waals surface area contributed by atoms with Gasteiger partial charge in [-0.3, -0.25) is 9.59 Å².